The van der Waals surface area contributed by atoms with Gasteiger partial charge in [0.25, 0.3) is 10.1 Å². The van der Waals surface area contributed by atoms with Crippen molar-refractivity contribution in [2.24, 2.45) is 0 Å². The number of ketones is 1. The highest BCUT2D eigenvalue weighted by molar-refractivity contribution is 7.86. The molecule has 1 aromatic rings. The standard InChI is InChI=1S/C19H30ClFO6SSi/c1-9-25-18-14(12(2)22)10-16(20)17(21)15(18)11-29(8,19(4,5)6)27-13(3)26-28(7,23)24/h10,13H,9,11H2,1-8H3. The molecule has 1 aromatic carbocycles. The molecule has 6 nitrogen and oxygen atoms in total. The van der Waals surface area contributed by atoms with E-state index in [1.54, 1.807) is 6.92 Å². The van der Waals surface area contributed by atoms with Crippen LogP contribution < -0.4 is 4.74 Å². The van der Waals surface area contributed by atoms with Gasteiger partial charge in [0, 0.05) is 5.56 Å². The molecule has 10 heteroatoms. The predicted octanol–water partition coefficient (Wildman–Crippen LogP) is 4.88. The highest BCUT2D eigenvalue weighted by Gasteiger charge is 2.45. The molecule has 0 radical (unpaired) electrons. The zero-order chi connectivity index (χ0) is 22.8. The van der Waals surface area contributed by atoms with Crippen LogP contribution in [0.15, 0.2) is 6.07 Å². The van der Waals surface area contributed by atoms with Crippen LogP contribution in [0.4, 0.5) is 4.39 Å². The Morgan fingerprint density at radius 2 is 1.90 bits per heavy atom. The molecular weight excluding hydrogens is 439 g/mol. The van der Waals surface area contributed by atoms with Gasteiger partial charge in [-0.2, -0.15) is 8.42 Å². The van der Waals surface area contributed by atoms with E-state index < -0.39 is 35.6 Å². The number of rotatable bonds is 9. The maximum Gasteiger partial charge on any atom is 0.266 e. The van der Waals surface area contributed by atoms with E-state index in [2.05, 4.69) is 0 Å². The van der Waals surface area contributed by atoms with Crippen molar-refractivity contribution in [1.82, 2.24) is 0 Å². The molecule has 0 aromatic heterocycles. The van der Waals surface area contributed by atoms with Crippen molar-refractivity contribution < 1.29 is 30.9 Å². The Balaban J connectivity index is 3.55. The van der Waals surface area contributed by atoms with Gasteiger partial charge in [-0.1, -0.05) is 32.4 Å². The van der Waals surface area contributed by atoms with Crippen molar-refractivity contribution in [3.05, 3.63) is 28.0 Å². The molecule has 1 rings (SSSR count). The van der Waals surface area contributed by atoms with E-state index in [-0.39, 0.29) is 40.3 Å². The Labute approximate surface area is 178 Å². The lowest BCUT2D eigenvalue weighted by Gasteiger charge is -2.41. The van der Waals surface area contributed by atoms with E-state index in [1.165, 1.54) is 19.9 Å². The van der Waals surface area contributed by atoms with Crippen molar-refractivity contribution in [2.75, 3.05) is 12.9 Å². The molecule has 2 atom stereocenters. The largest absolute Gasteiger partial charge is 0.493 e. The SMILES string of the molecule is CCOc1c(C(C)=O)cc(Cl)c(F)c1C[Si](C)(OC(C)OS(C)(=O)=O)C(C)(C)C. The van der Waals surface area contributed by atoms with E-state index in [4.69, 9.17) is 24.9 Å². The van der Waals surface area contributed by atoms with Gasteiger partial charge < -0.3 is 9.16 Å². The van der Waals surface area contributed by atoms with Crippen molar-refractivity contribution in [3.8, 4) is 5.75 Å². The van der Waals surface area contributed by atoms with Crippen LogP contribution in [0.2, 0.25) is 16.6 Å². The van der Waals surface area contributed by atoms with Crippen LogP contribution in [0.3, 0.4) is 0 Å². The maximum absolute atomic E-state index is 15.1. The molecule has 0 aliphatic rings. The first-order chi connectivity index (χ1) is 13.0. The molecule has 166 valence electrons. The topological polar surface area (TPSA) is 78.9 Å². The van der Waals surface area contributed by atoms with Gasteiger partial charge in [-0.15, -0.1) is 0 Å². The average molecular weight is 469 g/mol. The first kappa shape index (κ1) is 26.0. The Kier molecular flexibility index (Phi) is 8.46. The second kappa shape index (κ2) is 9.43. The quantitative estimate of drug-likeness (QED) is 0.222. The molecule has 0 saturated carbocycles. The molecular formula is C19H30ClFO6SSi. The fourth-order valence-electron chi connectivity index (χ4n) is 2.84. The van der Waals surface area contributed by atoms with Crippen LogP contribution in [-0.4, -0.2) is 41.7 Å². The summed E-state index contributed by atoms with van der Waals surface area (Å²) < 4.78 is 54.7. The Hall–Kier alpha value is -1.00. The van der Waals surface area contributed by atoms with Gasteiger partial charge in [-0.05, 0) is 44.5 Å². The third-order valence-corrected chi connectivity index (χ3v) is 10.7. The number of hydrogen-bond donors (Lipinski definition) is 0. The van der Waals surface area contributed by atoms with Gasteiger partial charge in [-0.3, -0.25) is 4.79 Å². The van der Waals surface area contributed by atoms with Crippen LogP contribution in [0.1, 0.15) is 57.5 Å². The van der Waals surface area contributed by atoms with E-state index in [0.717, 1.165) is 6.26 Å². The molecule has 29 heavy (non-hydrogen) atoms. The van der Waals surface area contributed by atoms with Crippen LogP contribution in [0.25, 0.3) is 0 Å². The van der Waals surface area contributed by atoms with Crippen molar-refractivity contribution in [3.63, 3.8) is 0 Å². The van der Waals surface area contributed by atoms with Crippen LogP contribution in [-0.2, 0) is 24.8 Å². The molecule has 0 aliphatic heterocycles. The lowest BCUT2D eigenvalue weighted by atomic mass is 10.1. The number of halogens is 2. The summed E-state index contributed by atoms with van der Waals surface area (Å²) in [4.78, 5) is 12.1. The van der Waals surface area contributed by atoms with Gasteiger partial charge in [0.2, 0.25) is 8.32 Å². The number of ether oxygens (including phenoxy) is 1. The molecule has 0 heterocycles. The van der Waals surface area contributed by atoms with Crippen molar-refractivity contribution in [2.45, 2.75) is 65.5 Å². The molecule has 0 amide bonds. The fraction of sp³-hybridized carbons (Fsp3) is 0.632. The number of carbonyl (C=O) groups excluding carboxylic acids is 1. The summed E-state index contributed by atoms with van der Waals surface area (Å²) in [6.45, 7) is 12.5. The summed E-state index contributed by atoms with van der Waals surface area (Å²) in [5, 5.41) is -0.615. The number of benzene rings is 1. The average Bonchev–Trinajstić information content (AvgIpc) is 2.50. The molecule has 0 bridgehead atoms. The summed E-state index contributed by atoms with van der Waals surface area (Å²) >= 11 is 6.06. The van der Waals surface area contributed by atoms with Gasteiger partial charge in [-0.25, -0.2) is 8.57 Å². The lowest BCUT2D eigenvalue weighted by Crippen LogP contribution is -2.49. The van der Waals surface area contributed by atoms with E-state index >= 15 is 4.39 Å². The van der Waals surface area contributed by atoms with Crippen LogP contribution in [0.5, 0.6) is 5.75 Å². The molecule has 0 spiro atoms. The van der Waals surface area contributed by atoms with Gasteiger partial charge in [0.1, 0.15) is 11.6 Å². The summed E-state index contributed by atoms with van der Waals surface area (Å²) in [7, 11) is -6.64. The monoisotopic (exact) mass is 468 g/mol. The highest BCUT2D eigenvalue weighted by Crippen LogP contribution is 2.43. The lowest BCUT2D eigenvalue weighted by molar-refractivity contribution is 0.0151. The molecule has 0 fully saturated rings. The van der Waals surface area contributed by atoms with Crippen LogP contribution in [0, 0.1) is 5.82 Å². The maximum atomic E-state index is 15.1. The van der Waals surface area contributed by atoms with Gasteiger partial charge in [0.15, 0.2) is 12.1 Å². The van der Waals surface area contributed by atoms with Gasteiger partial charge >= 0.3 is 0 Å². The summed E-state index contributed by atoms with van der Waals surface area (Å²) in [5.74, 6) is -0.834. The normalized spacial score (nSPS) is 15.7. The minimum Gasteiger partial charge on any atom is -0.493 e. The van der Waals surface area contributed by atoms with E-state index in [1.807, 2.05) is 27.3 Å². The molecule has 2 unspecified atom stereocenters. The zero-order valence-electron chi connectivity index (χ0n) is 18.2. The Morgan fingerprint density at radius 3 is 2.31 bits per heavy atom. The van der Waals surface area contributed by atoms with E-state index in [0.29, 0.717) is 0 Å². The minimum atomic E-state index is -3.73. The third kappa shape index (κ3) is 6.75. The highest BCUT2D eigenvalue weighted by atomic mass is 35.5. The Morgan fingerprint density at radius 1 is 1.34 bits per heavy atom. The summed E-state index contributed by atoms with van der Waals surface area (Å²) in [6.07, 6.45) is -0.114. The molecule has 0 saturated heterocycles. The summed E-state index contributed by atoms with van der Waals surface area (Å²) in [6, 6.07) is 1.37. The molecule has 0 N–H and O–H groups in total. The second-order valence-corrected chi connectivity index (χ2v) is 14.7. The number of carbonyl (C=O) groups is 1. The predicted molar refractivity (Wildman–Crippen MR) is 114 cm³/mol. The Bertz CT molecular complexity index is 868. The van der Waals surface area contributed by atoms with Gasteiger partial charge in [0.05, 0.1) is 23.4 Å². The van der Waals surface area contributed by atoms with Crippen molar-refractivity contribution >= 4 is 35.8 Å². The first-order valence-electron chi connectivity index (χ1n) is 9.23. The number of Topliss-reactive ketones (excluding diaryl/α,β-unsaturated/α-hetero) is 1. The molecule has 0 aliphatic carbocycles. The van der Waals surface area contributed by atoms with Crippen molar-refractivity contribution in [1.29, 1.82) is 0 Å². The van der Waals surface area contributed by atoms with E-state index in [9.17, 15) is 13.2 Å². The first-order valence-corrected chi connectivity index (χ1v) is 14.0. The summed E-state index contributed by atoms with van der Waals surface area (Å²) in [5.41, 5.74) is 0.346. The third-order valence-electron chi connectivity index (χ3n) is 4.77. The number of hydrogen-bond acceptors (Lipinski definition) is 6. The zero-order valence-corrected chi connectivity index (χ0v) is 20.8. The minimum absolute atomic E-state index is 0.107. The smallest absolute Gasteiger partial charge is 0.266 e. The second-order valence-electron chi connectivity index (χ2n) is 8.16. The van der Waals surface area contributed by atoms with Crippen LogP contribution >= 0.6 is 11.6 Å². The fourth-order valence-corrected chi connectivity index (χ4v) is 6.41.